The van der Waals surface area contributed by atoms with E-state index in [-0.39, 0.29) is 23.6 Å². The van der Waals surface area contributed by atoms with Gasteiger partial charge in [-0.3, -0.25) is 9.79 Å². The zero-order valence-electron chi connectivity index (χ0n) is 22.4. The number of hydrogen-bond donors (Lipinski definition) is 0. The van der Waals surface area contributed by atoms with Crippen LogP contribution in [0, 0.1) is 11.6 Å². The third-order valence-electron chi connectivity index (χ3n) is 6.82. The molecule has 2 aromatic rings. The number of hydrogen-bond acceptors (Lipinski definition) is 4. The van der Waals surface area contributed by atoms with Crippen molar-refractivity contribution in [3.8, 4) is 16.9 Å². The molecular formula is C29H35ClF2N4O2. The summed E-state index contributed by atoms with van der Waals surface area (Å²) in [6.07, 6.45) is 5.31. The summed E-state index contributed by atoms with van der Waals surface area (Å²) in [5, 5.41) is 0. The van der Waals surface area contributed by atoms with Gasteiger partial charge in [0.25, 0.3) is 0 Å². The average Bonchev–Trinajstić information content (AvgIpc) is 3.14. The van der Waals surface area contributed by atoms with E-state index in [2.05, 4.69) is 41.6 Å². The monoisotopic (exact) mass is 544 g/mol. The summed E-state index contributed by atoms with van der Waals surface area (Å²) in [5.41, 5.74) is 2.37. The van der Waals surface area contributed by atoms with E-state index in [9.17, 15) is 13.6 Å². The Morgan fingerprint density at radius 1 is 1.08 bits per heavy atom. The number of ether oxygens (including phenoxy) is 1. The lowest BCUT2D eigenvalue weighted by atomic mass is 9.97. The second kappa shape index (κ2) is 12.9. The van der Waals surface area contributed by atoms with Gasteiger partial charge in [0.1, 0.15) is 17.5 Å². The van der Waals surface area contributed by atoms with Gasteiger partial charge >= 0.3 is 0 Å². The number of piperazine rings is 1. The van der Waals surface area contributed by atoms with Crippen molar-refractivity contribution in [3.63, 3.8) is 0 Å². The molecule has 1 amide bonds. The smallest absolute Gasteiger partial charge is 0.246 e. The highest BCUT2D eigenvalue weighted by Gasteiger charge is 2.35. The number of halogens is 3. The number of anilines is 1. The molecule has 6 nitrogen and oxygen atoms in total. The topological polar surface area (TPSA) is 48.4 Å². The van der Waals surface area contributed by atoms with Crippen LogP contribution in [0.5, 0.6) is 5.75 Å². The summed E-state index contributed by atoms with van der Waals surface area (Å²) in [5.74, 6) is -0.116. The van der Waals surface area contributed by atoms with E-state index < -0.39 is 11.6 Å². The first-order chi connectivity index (χ1) is 18.3. The Morgan fingerprint density at radius 3 is 2.37 bits per heavy atom. The highest BCUT2D eigenvalue weighted by molar-refractivity contribution is 6.15. The Hall–Kier alpha value is -3.39. The molecule has 0 spiro atoms. The van der Waals surface area contributed by atoms with Gasteiger partial charge in [0.05, 0.1) is 12.3 Å². The molecule has 0 N–H and O–H groups in total. The molecule has 2 aliphatic heterocycles. The first kappa shape index (κ1) is 29.2. The number of benzene rings is 2. The molecule has 0 bridgehead atoms. The number of fused-ring (bicyclic) bond motifs is 1. The second-order valence-electron chi connectivity index (χ2n) is 9.13. The van der Waals surface area contributed by atoms with Crippen molar-refractivity contribution in [2.75, 3.05) is 44.6 Å². The molecule has 2 heterocycles. The van der Waals surface area contributed by atoms with Crippen LogP contribution in [0.1, 0.15) is 25.8 Å². The Bertz CT molecular complexity index is 1220. The lowest BCUT2D eigenvalue weighted by Crippen LogP contribution is -2.59. The average molecular weight is 545 g/mol. The lowest BCUT2D eigenvalue weighted by molar-refractivity contribution is -0.130. The molecule has 204 valence electrons. The predicted molar refractivity (Wildman–Crippen MR) is 151 cm³/mol. The summed E-state index contributed by atoms with van der Waals surface area (Å²) in [7, 11) is 1.74. The summed E-state index contributed by atoms with van der Waals surface area (Å²) >= 11 is 4.64. The molecule has 2 aromatic carbocycles. The Morgan fingerprint density at radius 2 is 1.74 bits per heavy atom. The van der Waals surface area contributed by atoms with Gasteiger partial charge in [-0.25, -0.2) is 8.78 Å². The first-order valence-corrected chi connectivity index (χ1v) is 13.2. The van der Waals surface area contributed by atoms with E-state index in [1.807, 2.05) is 22.8 Å². The lowest BCUT2D eigenvalue weighted by Gasteiger charge is -2.45. The van der Waals surface area contributed by atoms with Gasteiger partial charge in [0, 0.05) is 67.9 Å². The number of amidine groups is 1. The van der Waals surface area contributed by atoms with Gasteiger partial charge in [-0.15, -0.1) is 11.6 Å². The maximum Gasteiger partial charge on any atom is 0.246 e. The van der Waals surface area contributed by atoms with Gasteiger partial charge in [-0.05, 0) is 56.8 Å². The maximum absolute atomic E-state index is 14.8. The van der Waals surface area contributed by atoms with Crippen molar-refractivity contribution in [1.29, 1.82) is 0 Å². The Kier molecular flexibility index (Phi) is 9.91. The van der Waals surface area contributed by atoms with Crippen molar-refractivity contribution < 1.29 is 18.3 Å². The molecule has 0 aromatic heterocycles. The summed E-state index contributed by atoms with van der Waals surface area (Å²) in [6, 6.07) is 7.22. The van der Waals surface area contributed by atoms with Crippen molar-refractivity contribution >= 4 is 29.0 Å². The first-order valence-electron chi connectivity index (χ1n) is 12.5. The highest BCUT2D eigenvalue weighted by atomic mass is 35.5. The van der Waals surface area contributed by atoms with Crippen LogP contribution in [0.4, 0.5) is 14.5 Å². The fourth-order valence-electron chi connectivity index (χ4n) is 5.06. The van der Waals surface area contributed by atoms with Crippen molar-refractivity contribution in [2.24, 2.45) is 4.99 Å². The molecule has 1 fully saturated rings. The van der Waals surface area contributed by atoms with E-state index in [1.165, 1.54) is 24.6 Å². The fraction of sp³-hybridized carbons (Fsp3) is 0.379. The van der Waals surface area contributed by atoms with Crippen LogP contribution in [-0.4, -0.2) is 73.3 Å². The van der Waals surface area contributed by atoms with Crippen molar-refractivity contribution in [2.45, 2.75) is 32.4 Å². The third-order valence-corrected chi connectivity index (χ3v) is 6.82. The van der Waals surface area contributed by atoms with E-state index in [1.54, 1.807) is 19.3 Å². The SMILES string of the molecule is C=CC(=O)N1CC(C)N(C(=NC)c2ccc(-c3ccc(F)cc3F)c3c2N(C=C)CCCO3)C[C@H]1C.CCl. The largest absolute Gasteiger partial charge is 0.491 e. The number of amides is 1. The number of alkyl halides is 1. The van der Waals surface area contributed by atoms with Crippen LogP contribution in [-0.2, 0) is 4.79 Å². The van der Waals surface area contributed by atoms with Crippen LogP contribution < -0.4 is 9.64 Å². The third kappa shape index (κ3) is 5.70. The minimum atomic E-state index is -0.655. The van der Waals surface area contributed by atoms with Gasteiger partial charge in [-0.2, -0.15) is 0 Å². The number of carbonyl (C=O) groups excluding carboxylic acids is 1. The summed E-state index contributed by atoms with van der Waals surface area (Å²) in [6.45, 7) is 13.9. The molecule has 2 aliphatic rings. The molecule has 1 unspecified atom stereocenters. The number of carbonyl (C=O) groups is 1. The zero-order valence-corrected chi connectivity index (χ0v) is 23.1. The minimum absolute atomic E-state index is 0.00227. The van der Waals surface area contributed by atoms with Gasteiger partial charge < -0.3 is 19.4 Å². The van der Waals surface area contributed by atoms with Gasteiger partial charge in [-0.1, -0.05) is 13.2 Å². The molecular weight excluding hydrogens is 510 g/mol. The molecule has 0 aliphatic carbocycles. The zero-order chi connectivity index (χ0) is 28.0. The van der Waals surface area contributed by atoms with E-state index in [0.717, 1.165) is 29.6 Å². The standard InChI is InChI=1S/C28H32F2N4O2.CH3Cl/c1-6-25(35)33-16-19(4)34(17-18(33)3)28(31-5)23-12-11-22(21-10-9-20(29)15-24(21)30)27-26(23)32(7-2)13-8-14-36-27;1-2/h6-7,9-12,15,18-19H,1-2,8,13-14,16-17H2,3-5H3;1H3/t18-,19?;/m1./s1. The predicted octanol–water partition coefficient (Wildman–Crippen LogP) is 5.70. The van der Waals surface area contributed by atoms with Gasteiger partial charge in [0.15, 0.2) is 5.75 Å². The van der Waals surface area contributed by atoms with Crippen LogP contribution >= 0.6 is 11.6 Å². The second-order valence-corrected chi connectivity index (χ2v) is 9.13. The molecule has 1 saturated heterocycles. The maximum atomic E-state index is 14.8. The van der Waals surface area contributed by atoms with Crippen LogP contribution in [0.15, 0.2) is 60.8 Å². The number of nitrogens with zero attached hydrogens (tertiary/aromatic N) is 4. The van der Waals surface area contributed by atoms with Crippen LogP contribution in [0.25, 0.3) is 11.1 Å². The summed E-state index contributed by atoms with van der Waals surface area (Å²) in [4.78, 5) is 23.0. The van der Waals surface area contributed by atoms with E-state index in [4.69, 9.17) is 4.74 Å². The molecule has 38 heavy (non-hydrogen) atoms. The number of rotatable bonds is 4. The molecule has 9 heteroatoms. The van der Waals surface area contributed by atoms with E-state index >= 15 is 0 Å². The number of aliphatic imine (C=N–C) groups is 1. The highest BCUT2D eigenvalue weighted by Crippen LogP contribution is 2.44. The fourth-order valence-corrected chi connectivity index (χ4v) is 5.06. The molecule has 0 saturated carbocycles. The van der Waals surface area contributed by atoms with Crippen molar-refractivity contribution in [3.05, 3.63) is 73.0 Å². The van der Waals surface area contributed by atoms with Crippen molar-refractivity contribution in [1.82, 2.24) is 9.80 Å². The molecule has 4 rings (SSSR count). The van der Waals surface area contributed by atoms with E-state index in [0.29, 0.717) is 37.6 Å². The minimum Gasteiger partial charge on any atom is -0.491 e. The molecule has 0 radical (unpaired) electrons. The summed E-state index contributed by atoms with van der Waals surface area (Å²) < 4.78 is 34.7. The Labute approximate surface area is 228 Å². The van der Waals surface area contributed by atoms with Crippen LogP contribution in [0.2, 0.25) is 0 Å². The molecule has 2 atom stereocenters. The quantitative estimate of drug-likeness (QED) is 0.214. The van der Waals surface area contributed by atoms with Gasteiger partial charge in [0.2, 0.25) is 5.91 Å². The van der Waals surface area contributed by atoms with Crippen LogP contribution in [0.3, 0.4) is 0 Å². The normalized spacial score (nSPS) is 19.4. The Balaban J connectivity index is 0.00000195.